The third-order valence-corrected chi connectivity index (χ3v) is 6.12. The zero-order valence-corrected chi connectivity index (χ0v) is 15.8. The highest BCUT2D eigenvalue weighted by molar-refractivity contribution is 7.14. The summed E-state index contributed by atoms with van der Waals surface area (Å²) >= 11 is 2.73. The van der Waals surface area contributed by atoms with Crippen molar-refractivity contribution in [3.8, 4) is 0 Å². The number of thiazole rings is 1. The summed E-state index contributed by atoms with van der Waals surface area (Å²) in [5.74, 6) is 0.699. The summed E-state index contributed by atoms with van der Waals surface area (Å²) in [4.78, 5) is 28.9. The molecule has 1 saturated carbocycles. The Morgan fingerprint density at radius 2 is 2.08 bits per heavy atom. The highest BCUT2D eigenvalue weighted by Gasteiger charge is 2.15. The largest absolute Gasteiger partial charge is 0.356 e. The smallest absolute Gasteiger partial charge is 0.267 e. The van der Waals surface area contributed by atoms with E-state index in [1.165, 1.54) is 54.8 Å². The van der Waals surface area contributed by atoms with Gasteiger partial charge in [0.05, 0.1) is 17.0 Å². The first-order chi connectivity index (χ1) is 12.2. The van der Waals surface area contributed by atoms with Gasteiger partial charge in [-0.1, -0.05) is 31.7 Å². The number of aromatic nitrogens is 1. The van der Waals surface area contributed by atoms with E-state index < -0.39 is 0 Å². The Morgan fingerprint density at radius 3 is 2.84 bits per heavy atom. The predicted molar refractivity (Wildman–Crippen MR) is 102 cm³/mol. The Bertz CT molecular complexity index is 691. The van der Waals surface area contributed by atoms with Crippen molar-refractivity contribution >= 4 is 39.6 Å². The minimum absolute atomic E-state index is 0.00662. The average molecular weight is 378 g/mol. The van der Waals surface area contributed by atoms with Crippen LogP contribution in [0.4, 0.5) is 5.13 Å². The Labute approximate surface area is 155 Å². The molecule has 0 radical (unpaired) electrons. The number of rotatable bonds is 8. The van der Waals surface area contributed by atoms with Crippen LogP contribution in [0.25, 0.3) is 0 Å². The first-order valence-electron chi connectivity index (χ1n) is 8.76. The number of hydrogen-bond acceptors (Lipinski definition) is 5. The number of amides is 2. The molecule has 1 aliphatic rings. The maximum absolute atomic E-state index is 12.0. The molecule has 25 heavy (non-hydrogen) atoms. The van der Waals surface area contributed by atoms with Crippen LogP contribution in [0.5, 0.6) is 0 Å². The number of carbonyl (C=O) groups is 2. The Kier molecular flexibility index (Phi) is 6.58. The van der Waals surface area contributed by atoms with Crippen molar-refractivity contribution in [2.45, 2.75) is 44.9 Å². The standard InChI is InChI=1S/C18H23N3O2S2/c22-16(19-9-3-7-13-5-1-2-6-13)11-14-12-25-18(20-14)21-17(23)15-8-4-10-24-15/h4,8,10,12-13H,1-3,5-7,9,11H2,(H,19,22)(H,20,21,23). The Morgan fingerprint density at radius 1 is 1.24 bits per heavy atom. The molecule has 2 aromatic heterocycles. The van der Waals surface area contributed by atoms with Crippen LogP contribution in [0, 0.1) is 5.92 Å². The van der Waals surface area contributed by atoms with Crippen molar-refractivity contribution in [1.29, 1.82) is 0 Å². The second-order valence-electron chi connectivity index (χ2n) is 6.39. The minimum Gasteiger partial charge on any atom is -0.356 e. The molecule has 2 N–H and O–H groups in total. The number of thiophene rings is 1. The zero-order chi connectivity index (χ0) is 17.5. The predicted octanol–water partition coefficient (Wildman–Crippen LogP) is 4.09. The SMILES string of the molecule is O=C(Cc1csc(NC(=O)c2cccs2)n1)NCCCC1CCCC1. The third kappa shape index (κ3) is 5.64. The molecule has 0 aliphatic heterocycles. The van der Waals surface area contributed by atoms with Gasteiger partial charge in [-0.05, 0) is 30.2 Å². The molecule has 134 valence electrons. The molecular weight excluding hydrogens is 354 g/mol. The maximum Gasteiger partial charge on any atom is 0.267 e. The Balaban J connectivity index is 1.37. The number of carbonyl (C=O) groups excluding carboxylic acids is 2. The van der Waals surface area contributed by atoms with E-state index in [2.05, 4.69) is 15.6 Å². The van der Waals surface area contributed by atoms with Crippen LogP contribution in [0.2, 0.25) is 0 Å². The number of nitrogens with one attached hydrogen (secondary N) is 2. The summed E-state index contributed by atoms with van der Waals surface area (Å²) in [6.07, 6.45) is 7.97. The molecule has 5 nitrogen and oxygen atoms in total. The van der Waals surface area contributed by atoms with Gasteiger partial charge in [0.2, 0.25) is 5.91 Å². The molecule has 0 aromatic carbocycles. The summed E-state index contributed by atoms with van der Waals surface area (Å²) in [5, 5.41) is 9.95. The van der Waals surface area contributed by atoms with Gasteiger partial charge < -0.3 is 5.32 Å². The lowest BCUT2D eigenvalue weighted by Crippen LogP contribution is -2.26. The van der Waals surface area contributed by atoms with Crippen LogP contribution in [0.3, 0.4) is 0 Å². The fraction of sp³-hybridized carbons (Fsp3) is 0.500. The second-order valence-corrected chi connectivity index (χ2v) is 8.20. The molecule has 2 aromatic rings. The molecule has 3 rings (SSSR count). The van der Waals surface area contributed by atoms with Crippen molar-refractivity contribution in [3.63, 3.8) is 0 Å². The normalized spacial score (nSPS) is 14.6. The number of hydrogen-bond donors (Lipinski definition) is 2. The Hall–Kier alpha value is -1.73. The summed E-state index contributed by atoms with van der Waals surface area (Å²) in [7, 11) is 0. The second kappa shape index (κ2) is 9.10. The lowest BCUT2D eigenvalue weighted by atomic mass is 10.0. The minimum atomic E-state index is -0.160. The van der Waals surface area contributed by atoms with Crippen molar-refractivity contribution < 1.29 is 9.59 Å². The molecule has 2 amide bonds. The molecule has 0 unspecified atom stereocenters. The number of nitrogens with zero attached hydrogens (tertiary/aromatic N) is 1. The van der Waals surface area contributed by atoms with Crippen molar-refractivity contribution in [2.75, 3.05) is 11.9 Å². The van der Waals surface area contributed by atoms with Gasteiger partial charge >= 0.3 is 0 Å². The van der Waals surface area contributed by atoms with E-state index in [4.69, 9.17) is 0 Å². The van der Waals surface area contributed by atoms with Gasteiger partial charge in [0.25, 0.3) is 5.91 Å². The lowest BCUT2D eigenvalue weighted by molar-refractivity contribution is -0.120. The van der Waals surface area contributed by atoms with E-state index in [0.29, 0.717) is 15.7 Å². The van der Waals surface area contributed by atoms with Crippen molar-refractivity contribution in [1.82, 2.24) is 10.3 Å². The van der Waals surface area contributed by atoms with E-state index in [1.54, 1.807) is 6.07 Å². The number of anilines is 1. The maximum atomic E-state index is 12.0. The highest BCUT2D eigenvalue weighted by atomic mass is 32.1. The fourth-order valence-electron chi connectivity index (χ4n) is 3.16. The molecule has 1 aliphatic carbocycles. The highest BCUT2D eigenvalue weighted by Crippen LogP contribution is 2.28. The van der Waals surface area contributed by atoms with Crippen LogP contribution in [-0.2, 0) is 11.2 Å². The summed E-state index contributed by atoms with van der Waals surface area (Å²) in [5.41, 5.74) is 0.694. The molecular formula is C18H23N3O2S2. The van der Waals surface area contributed by atoms with Crippen LogP contribution in [0.15, 0.2) is 22.9 Å². The molecule has 0 spiro atoms. The summed E-state index contributed by atoms with van der Waals surface area (Å²) in [6, 6.07) is 3.61. The van der Waals surface area contributed by atoms with Crippen LogP contribution >= 0.6 is 22.7 Å². The van der Waals surface area contributed by atoms with Crippen LogP contribution in [0.1, 0.15) is 53.9 Å². The van der Waals surface area contributed by atoms with Gasteiger partial charge in [0, 0.05) is 11.9 Å². The van der Waals surface area contributed by atoms with Gasteiger partial charge in [-0.3, -0.25) is 14.9 Å². The van der Waals surface area contributed by atoms with E-state index in [-0.39, 0.29) is 18.2 Å². The van der Waals surface area contributed by atoms with Gasteiger partial charge in [0.1, 0.15) is 0 Å². The van der Waals surface area contributed by atoms with Gasteiger partial charge in [-0.15, -0.1) is 22.7 Å². The van der Waals surface area contributed by atoms with Crippen molar-refractivity contribution in [3.05, 3.63) is 33.5 Å². The van der Waals surface area contributed by atoms with E-state index >= 15 is 0 Å². The molecule has 0 saturated heterocycles. The summed E-state index contributed by atoms with van der Waals surface area (Å²) < 4.78 is 0. The quantitative estimate of drug-likeness (QED) is 0.681. The van der Waals surface area contributed by atoms with Crippen LogP contribution < -0.4 is 10.6 Å². The third-order valence-electron chi connectivity index (χ3n) is 4.44. The van der Waals surface area contributed by atoms with Crippen molar-refractivity contribution in [2.24, 2.45) is 5.92 Å². The van der Waals surface area contributed by atoms with Gasteiger partial charge in [-0.2, -0.15) is 0 Å². The molecule has 0 atom stereocenters. The molecule has 0 bridgehead atoms. The van der Waals surface area contributed by atoms with Gasteiger partial charge in [-0.25, -0.2) is 4.98 Å². The average Bonchev–Trinajstić information content (AvgIpc) is 3.34. The zero-order valence-electron chi connectivity index (χ0n) is 14.1. The topological polar surface area (TPSA) is 71.1 Å². The van der Waals surface area contributed by atoms with Crippen LogP contribution in [-0.4, -0.2) is 23.3 Å². The van der Waals surface area contributed by atoms with E-state index in [1.807, 2.05) is 16.8 Å². The van der Waals surface area contributed by atoms with E-state index in [9.17, 15) is 9.59 Å². The monoisotopic (exact) mass is 377 g/mol. The lowest BCUT2D eigenvalue weighted by Gasteiger charge is -2.08. The first-order valence-corrected chi connectivity index (χ1v) is 10.5. The first kappa shape index (κ1) is 18.1. The molecule has 7 heteroatoms. The van der Waals surface area contributed by atoms with Gasteiger partial charge in [0.15, 0.2) is 5.13 Å². The summed E-state index contributed by atoms with van der Waals surface area (Å²) in [6.45, 7) is 0.738. The van der Waals surface area contributed by atoms with E-state index in [0.717, 1.165) is 18.9 Å². The molecule has 2 heterocycles. The molecule has 1 fully saturated rings. The fourth-order valence-corrected chi connectivity index (χ4v) is 4.48.